The van der Waals surface area contributed by atoms with Gasteiger partial charge in [0.1, 0.15) is 10.6 Å². The molecule has 0 aliphatic rings. The van der Waals surface area contributed by atoms with E-state index >= 15 is 0 Å². The molecule has 0 saturated heterocycles. The number of halogens is 3. The topological polar surface area (TPSA) is 79.6 Å². The molecule has 0 bridgehead atoms. The number of hydrogen-bond donors (Lipinski definition) is 1. The largest absolute Gasteiger partial charge is 0.416 e. The van der Waals surface area contributed by atoms with Crippen LogP contribution >= 0.6 is 0 Å². The smallest absolute Gasteiger partial charge is 0.379 e. The quantitative estimate of drug-likeness (QED) is 0.657. The summed E-state index contributed by atoms with van der Waals surface area (Å²) in [5.74, 6) is -0.0246. The second-order valence-corrected chi connectivity index (χ2v) is 6.03. The third kappa shape index (κ3) is 4.07. The minimum Gasteiger partial charge on any atom is -0.379 e. The Morgan fingerprint density at radius 3 is 2.22 bits per heavy atom. The first-order valence-electron chi connectivity index (χ1n) is 6.27. The van der Waals surface area contributed by atoms with Crippen LogP contribution in [0.1, 0.15) is 11.1 Å². The molecule has 0 radical (unpaired) electrons. The summed E-state index contributed by atoms with van der Waals surface area (Å²) in [6, 6.07) is 9.06. The van der Waals surface area contributed by atoms with E-state index in [4.69, 9.17) is 9.71 Å². The first-order chi connectivity index (χ1) is 10.7. The number of para-hydroxylation sites is 1. The predicted octanol–water partition coefficient (Wildman–Crippen LogP) is 4.00. The van der Waals surface area contributed by atoms with Crippen LogP contribution in [0.4, 0.5) is 13.2 Å². The van der Waals surface area contributed by atoms with Gasteiger partial charge in [-0.15, -0.1) is 0 Å². The van der Waals surface area contributed by atoms with Crippen molar-refractivity contribution in [1.29, 1.82) is 5.53 Å². The number of hydrogen-bond acceptors (Lipinski definition) is 5. The zero-order valence-corrected chi connectivity index (χ0v) is 12.4. The standard InChI is InChI=1S/C14H11F3N2O3S/c15-14(16,17)11-5-7-12(8-6-11)23(20,21)22-13-4-2-1-3-10(13)9-19-18/h1-8,18H,9H2. The Kier molecular flexibility index (Phi) is 4.69. The van der Waals surface area contributed by atoms with Crippen LogP contribution in [0, 0.1) is 5.53 Å². The van der Waals surface area contributed by atoms with Crippen molar-refractivity contribution in [3.8, 4) is 5.75 Å². The minimum atomic E-state index is -4.55. The highest BCUT2D eigenvalue weighted by molar-refractivity contribution is 7.87. The summed E-state index contributed by atoms with van der Waals surface area (Å²) in [5, 5.41) is 3.16. The lowest BCUT2D eigenvalue weighted by atomic mass is 10.2. The van der Waals surface area contributed by atoms with E-state index in [9.17, 15) is 21.6 Å². The van der Waals surface area contributed by atoms with Crippen LogP contribution in [-0.2, 0) is 22.8 Å². The molecule has 1 N–H and O–H groups in total. The molecule has 2 aromatic rings. The minimum absolute atomic E-state index is 0.0246. The Morgan fingerprint density at radius 2 is 1.65 bits per heavy atom. The molecule has 2 aromatic carbocycles. The summed E-state index contributed by atoms with van der Waals surface area (Å²) in [7, 11) is -4.29. The molecule has 5 nitrogen and oxygen atoms in total. The van der Waals surface area contributed by atoms with Crippen LogP contribution in [0.3, 0.4) is 0 Å². The van der Waals surface area contributed by atoms with Crippen LogP contribution in [0.2, 0.25) is 0 Å². The third-order valence-corrected chi connectivity index (χ3v) is 4.14. The SMILES string of the molecule is N=NCc1ccccc1OS(=O)(=O)c1ccc(C(F)(F)F)cc1. The molecule has 9 heteroatoms. The first-order valence-corrected chi connectivity index (χ1v) is 7.68. The van der Waals surface area contributed by atoms with E-state index in [0.29, 0.717) is 17.7 Å². The average molecular weight is 344 g/mol. The maximum Gasteiger partial charge on any atom is 0.416 e. The Bertz CT molecular complexity index is 803. The molecule has 0 amide bonds. The zero-order valence-electron chi connectivity index (χ0n) is 11.5. The van der Waals surface area contributed by atoms with Gasteiger partial charge >= 0.3 is 16.3 Å². The molecule has 0 aliphatic heterocycles. The van der Waals surface area contributed by atoms with Crippen LogP contribution in [0.5, 0.6) is 5.75 Å². The Balaban J connectivity index is 2.31. The maximum atomic E-state index is 12.5. The molecular weight excluding hydrogens is 333 g/mol. The van der Waals surface area contributed by atoms with Gasteiger partial charge in [-0.2, -0.15) is 26.7 Å². The van der Waals surface area contributed by atoms with Crippen molar-refractivity contribution in [1.82, 2.24) is 0 Å². The van der Waals surface area contributed by atoms with Gasteiger partial charge in [-0.05, 0) is 30.3 Å². The monoisotopic (exact) mass is 344 g/mol. The molecular formula is C14H11F3N2O3S. The van der Waals surface area contributed by atoms with Gasteiger partial charge in [0.25, 0.3) is 0 Å². The molecule has 0 fully saturated rings. The van der Waals surface area contributed by atoms with Gasteiger partial charge < -0.3 is 4.18 Å². The molecule has 0 unspecified atom stereocenters. The molecule has 0 spiro atoms. The van der Waals surface area contributed by atoms with E-state index in [0.717, 1.165) is 12.1 Å². The second kappa shape index (κ2) is 6.37. The molecule has 0 aliphatic carbocycles. The fraction of sp³-hybridized carbons (Fsp3) is 0.143. The van der Waals surface area contributed by atoms with Gasteiger partial charge in [0.15, 0.2) is 0 Å². The van der Waals surface area contributed by atoms with Crippen LogP contribution in [-0.4, -0.2) is 8.42 Å². The normalized spacial score (nSPS) is 12.0. The Morgan fingerprint density at radius 1 is 1.04 bits per heavy atom. The summed E-state index contributed by atoms with van der Waals surface area (Å²) >= 11 is 0. The Labute approximate surface area is 130 Å². The van der Waals surface area contributed by atoms with E-state index in [1.165, 1.54) is 18.2 Å². The van der Waals surface area contributed by atoms with Crippen molar-refractivity contribution in [2.24, 2.45) is 5.11 Å². The summed E-state index contributed by atoms with van der Waals surface area (Å²) < 4.78 is 66.7. The molecule has 23 heavy (non-hydrogen) atoms. The van der Waals surface area contributed by atoms with Crippen molar-refractivity contribution >= 4 is 10.1 Å². The number of alkyl halides is 3. The molecule has 0 atom stereocenters. The molecule has 0 saturated carbocycles. The van der Waals surface area contributed by atoms with Gasteiger partial charge in [0.2, 0.25) is 0 Å². The van der Waals surface area contributed by atoms with Crippen molar-refractivity contribution < 1.29 is 25.8 Å². The summed E-state index contributed by atoms with van der Waals surface area (Å²) in [6.45, 7) is -0.0707. The van der Waals surface area contributed by atoms with Gasteiger partial charge in [-0.25, -0.2) is 5.53 Å². The van der Waals surface area contributed by atoms with Gasteiger partial charge in [0.05, 0.1) is 12.1 Å². The second-order valence-electron chi connectivity index (χ2n) is 4.48. The predicted molar refractivity (Wildman–Crippen MR) is 74.6 cm³/mol. The average Bonchev–Trinajstić information content (AvgIpc) is 2.48. The van der Waals surface area contributed by atoms with Crippen molar-refractivity contribution in [3.05, 3.63) is 59.7 Å². The van der Waals surface area contributed by atoms with Gasteiger partial charge in [-0.1, -0.05) is 18.2 Å². The van der Waals surface area contributed by atoms with Crippen LogP contribution < -0.4 is 4.18 Å². The number of rotatable bonds is 5. The van der Waals surface area contributed by atoms with Crippen LogP contribution in [0.25, 0.3) is 0 Å². The van der Waals surface area contributed by atoms with E-state index in [1.54, 1.807) is 6.07 Å². The molecule has 122 valence electrons. The maximum absolute atomic E-state index is 12.5. The summed E-state index contributed by atoms with van der Waals surface area (Å²) in [5.41, 5.74) is 6.25. The zero-order chi connectivity index (χ0) is 17.1. The summed E-state index contributed by atoms with van der Waals surface area (Å²) in [6.07, 6.45) is -4.55. The number of nitrogens with one attached hydrogen (secondary N) is 1. The first kappa shape index (κ1) is 16.9. The molecule has 0 heterocycles. The van der Waals surface area contributed by atoms with Crippen LogP contribution in [0.15, 0.2) is 58.5 Å². The van der Waals surface area contributed by atoms with E-state index in [1.807, 2.05) is 0 Å². The fourth-order valence-electron chi connectivity index (χ4n) is 1.78. The van der Waals surface area contributed by atoms with E-state index in [-0.39, 0.29) is 12.3 Å². The number of nitrogens with zero attached hydrogens (tertiary/aromatic N) is 1. The van der Waals surface area contributed by atoms with Crippen molar-refractivity contribution in [3.63, 3.8) is 0 Å². The highest BCUT2D eigenvalue weighted by Gasteiger charge is 2.31. The lowest BCUT2D eigenvalue weighted by molar-refractivity contribution is -0.137. The van der Waals surface area contributed by atoms with Crippen molar-refractivity contribution in [2.45, 2.75) is 17.6 Å². The third-order valence-electron chi connectivity index (χ3n) is 2.89. The number of benzene rings is 2. The lowest BCUT2D eigenvalue weighted by Gasteiger charge is -2.11. The van der Waals surface area contributed by atoms with Gasteiger partial charge in [0, 0.05) is 5.56 Å². The molecule has 2 rings (SSSR count). The van der Waals surface area contributed by atoms with Gasteiger partial charge in [-0.3, -0.25) is 0 Å². The summed E-state index contributed by atoms with van der Waals surface area (Å²) in [4.78, 5) is -0.400. The highest BCUT2D eigenvalue weighted by Crippen LogP contribution is 2.30. The Hall–Kier alpha value is -2.42. The van der Waals surface area contributed by atoms with E-state index < -0.39 is 26.8 Å². The van der Waals surface area contributed by atoms with E-state index in [2.05, 4.69) is 5.11 Å². The fourth-order valence-corrected chi connectivity index (χ4v) is 2.74. The van der Waals surface area contributed by atoms with Crippen molar-refractivity contribution in [2.75, 3.05) is 0 Å². The molecule has 0 aromatic heterocycles. The lowest BCUT2D eigenvalue weighted by Crippen LogP contribution is -2.12. The highest BCUT2D eigenvalue weighted by atomic mass is 32.2.